The molecule has 23 heavy (non-hydrogen) atoms. The fraction of sp³-hybridized carbons (Fsp3) is 0. The van der Waals surface area contributed by atoms with Crippen LogP contribution in [-0.4, -0.2) is 10.8 Å². The number of halogens is 2. The van der Waals surface area contributed by atoms with Crippen molar-refractivity contribution in [2.24, 2.45) is 0 Å². The van der Waals surface area contributed by atoms with Gasteiger partial charge in [0.2, 0.25) is 5.78 Å². The van der Waals surface area contributed by atoms with E-state index in [2.05, 4.69) is 10.3 Å². The maximum atomic E-state index is 13.2. The van der Waals surface area contributed by atoms with Crippen LogP contribution in [0, 0.1) is 5.82 Å². The number of ketones is 1. The van der Waals surface area contributed by atoms with Gasteiger partial charge in [0.25, 0.3) is 0 Å². The van der Waals surface area contributed by atoms with Crippen LogP contribution in [0.25, 0.3) is 0 Å². The van der Waals surface area contributed by atoms with E-state index in [4.69, 9.17) is 17.3 Å². The van der Waals surface area contributed by atoms with Crippen LogP contribution < -0.4 is 11.1 Å². The van der Waals surface area contributed by atoms with Crippen LogP contribution in [0.3, 0.4) is 0 Å². The summed E-state index contributed by atoms with van der Waals surface area (Å²) in [6.45, 7) is 0. The summed E-state index contributed by atoms with van der Waals surface area (Å²) in [4.78, 5) is 16.9. The molecule has 3 aromatic rings. The molecule has 1 aromatic heterocycles. The number of nitrogen functional groups attached to an aromatic ring is 1. The molecule has 4 nitrogen and oxygen atoms in total. The highest BCUT2D eigenvalue weighted by molar-refractivity contribution is 7.18. The highest BCUT2D eigenvalue weighted by Gasteiger charge is 2.18. The van der Waals surface area contributed by atoms with Crippen LogP contribution in [-0.2, 0) is 0 Å². The molecule has 0 saturated heterocycles. The monoisotopic (exact) mass is 347 g/mol. The molecule has 0 aliphatic rings. The molecule has 7 heteroatoms. The quantitative estimate of drug-likeness (QED) is 0.682. The van der Waals surface area contributed by atoms with Crippen LogP contribution in [0.1, 0.15) is 15.2 Å². The van der Waals surface area contributed by atoms with E-state index in [1.165, 1.54) is 12.1 Å². The van der Waals surface area contributed by atoms with Gasteiger partial charge in [-0.2, -0.15) is 0 Å². The first-order valence-corrected chi connectivity index (χ1v) is 7.81. The predicted molar refractivity (Wildman–Crippen MR) is 91.1 cm³/mol. The summed E-state index contributed by atoms with van der Waals surface area (Å²) in [7, 11) is 0. The van der Waals surface area contributed by atoms with Crippen molar-refractivity contribution in [3.05, 3.63) is 69.8 Å². The molecule has 0 unspecified atom stereocenters. The van der Waals surface area contributed by atoms with Crippen molar-refractivity contribution in [3.63, 3.8) is 0 Å². The van der Waals surface area contributed by atoms with Gasteiger partial charge in [0.05, 0.1) is 0 Å². The van der Waals surface area contributed by atoms with Crippen molar-refractivity contribution in [2.75, 3.05) is 11.1 Å². The van der Waals surface area contributed by atoms with Gasteiger partial charge >= 0.3 is 0 Å². The zero-order chi connectivity index (χ0) is 16.4. The average Bonchev–Trinajstić information content (AvgIpc) is 2.88. The van der Waals surface area contributed by atoms with Gasteiger partial charge in [-0.1, -0.05) is 29.0 Å². The third-order valence-electron chi connectivity index (χ3n) is 3.04. The summed E-state index contributed by atoms with van der Waals surface area (Å²) in [6.07, 6.45) is 0. The van der Waals surface area contributed by atoms with Gasteiger partial charge in [0.15, 0.2) is 5.13 Å². The first-order chi connectivity index (χ1) is 11.0. The van der Waals surface area contributed by atoms with E-state index < -0.39 is 0 Å². The maximum absolute atomic E-state index is 13.2. The summed E-state index contributed by atoms with van der Waals surface area (Å²) in [5.74, 6) is -0.463. The zero-order valence-corrected chi connectivity index (χ0v) is 13.3. The number of benzene rings is 2. The van der Waals surface area contributed by atoms with Crippen LogP contribution >= 0.6 is 22.9 Å². The van der Waals surface area contributed by atoms with Gasteiger partial charge in [-0.05, 0) is 42.5 Å². The fourth-order valence-corrected chi connectivity index (χ4v) is 2.96. The fourth-order valence-electron chi connectivity index (χ4n) is 1.97. The number of rotatable bonds is 4. The summed E-state index contributed by atoms with van der Waals surface area (Å²) >= 11 is 6.93. The van der Waals surface area contributed by atoms with E-state index in [9.17, 15) is 9.18 Å². The standard InChI is InChI=1S/C16H11ClFN3OS/c17-10-6-4-9(5-7-10)13(22)14-15(19)21-16(23-14)20-12-3-1-2-11(18)8-12/h1-8H,19H2,(H,20,21). The largest absolute Gasteiger partial charge is 0.382 e. The van der Waals surface area contributed by atoms with E-state index in [1.54, 1.807) is 36.4 Å². The Labute approximate surface area is 140 Å². The molecule has 0 amide bonds. The lowest BCUT2D eigenvalue weighted by molar-refractivity contribution is 0.104. The number of carbonyl (C=O) groups is 1. The Bertz CT molecular complexity index is 864. The number of hydrogen-bond donors (Lipinski definition) is 2. The minimum absolute atomic E-state index is 0.133. The normalized spacial score (nSPS) is 10.5. The Hall–Kier alpha value is -2.44. The molecule has 0 saturated carbocycles. The minimum atomic E-state index is -0.364. The molecular formula is C16H11ClFN3OS. The summed E-state index contributed by atoms with van der Waals surface area (Å²) < 4.78 is 13.2. The average molecular weight is 348 g/mol. The Morgan fingerprint density at radius 2 is 1.96 bits per heavy atom. The predicted octanol–water partition coefficient (Wildman–Crippen LogP) is 4.49. The molecule has 3 N–H and O–H groups in total. The minimum Gasteiger partial charge on any atom is -0.382 e. The lowest BCUT2D eigenvalue weighted by Gasteiger charge is -2.01. The number of aromatic nitrogens is 1. The molecule has 0 aliphatic heterocycles. The molecule has 116 valence electrons. The molecule has 0 bridgehead atoms. The second-order valence-corrected chi connectivity index (χ2v) is 6.14. The Morgan fingerprint density at radius 1 is 1.22 bits per heavy atom. The van der Waals surface area contributed by atoms with E-state index >= 15 is 0 Å². The number of nitrogens with zero attached hydrogens (tertiary/aromatic N) is 1. The van der Waals surface area contributed by atoms with Gasteiger partial charge in [-0.15, -0.1) is 0 Å². The van der Waals surface area contributed by atoms with E-state index in [0.29, 0.717) is 26.3 Å². The molecule has 0 radical (unpaired) electrons. The van der Waals surface area contributed by atoms with Crippen molar-refractivity contribution in [3.8, 4) is 0 Å². The lowest BCUT2D eigenvalue weighted by atomic mass is 10.1. The Balaban J connectivity index is 1.86. The number of thiazole rings is 1. The molecular weight excluding hydrogens is 337 g/mol. The smallest absolute Gasteiger partial charge is 0.206 e. The second-order valence-electron chi connectivity index (χ2n) is 4.70. The molecule has 2 aromatic carbocycles. The van der Waals surface area contributed by atoms with Crippen LogP contribution in [0.4, 0.5) is 21.0 Å². The lowest BCUT2D eigenvalue weighted by Crippen LogP contribution is -2.02. The van der Waals surface area contributed by atoms with E-state index in [-0.39, 0.29) is 17.4 Å². The Morgan fingerprint density at radius 3 is 2.65 bits per heavy atom. The summed E-state index contributed by atoms with van der Waals surface area (Å²) in [6, 6.07) is 12.5. The van der Waals surface area contributed by atoms with Gasteiger partial charge in [0, 0.05) is 16.3 Å². The first-order valence-electron chi connectivity index (χ1n) is 6.62. The maximum Gasteiger partial charge on any atom is 0.206 e. The second kappa shape index (κ2) is 6.36. The van der Waals surface area contributed by atoms with Crippen LogP contribution in [0.5, 0.6) is 0 Å². The molecule has 1 heterocycles. The van der Waals surface area contributed by atoms with Crippen molar-refractivity contribution < 1.29 is 9.18 Å². The summed E-state index contributed by atoms with van der Waals surface area (Å²) in [5, 5.41) is 3.91. The van der Waals surface area contributed by atoms with Crippen molar-refractivity contribution in [1.29, 1.82) is 0 Å². The SMILES string of the molecule is Nc1nc(Nc2cccc(F)c2)sc1C(=O)c1ccc(Cl)cc1. The third kappa shape index (κ3) is 3.49. The van der Waals surface area contributed by atoms with Crippen molar-refractivity contribution in [1.82, 2.24) is 4.98 Å². The van der Waals surface area contributed by atoms with Gasteiger partial charge in [0.1, 0.15) is 16.5 Å². The number of anilines is 3. The molecule has 0 atom stereocenters. The molecule has 3 rings (SSSR count). The van der Waals surface area contributed by atoms with Crippen molar-refractivity contribution in [2.45, 2.75) is 0 Å². The highest BCUT2D eigenvalue weighted by Crippen LogP contribution is 2.30. The van der Waals surface area contributed by atoms with Gasteiger partial charge in [-0.3, -0.25) is 4.79 Å². The molecule has 0 spiro atoms. The topological polar surface area (TPSA) is 68.0 Å². The van der Waals surface area contributed by atoms with Crippen molar-refractivity contribution >= 4 is 45.4 Å². The molecule has 0 fully saturated rings. The van der Waals surface area contributed by atoms with Gasteiger partial charge in [-0.25, -0.2) is 9.37 Å². The third-order valence-corrected chi connectivity index (χ3v) is 4.28. The Kier molecular flexibility index (Phi) is 4.27. The van der Waals surface area contributed by atoms with Gasteiger partial charge < -0.3 is 11.1 Å². The first kappa shape index (κ1) is 15.5. The van der Waals surface area contributed by atoms with E-state index in [0.717, 1.165) is 11.3 Å². The summed E-state index contributed by atoms with van der Waals surface area (Å²) in [5.41, 5.74) is 6.84. The van der Waals surface area contributed by atoms with Crippen LogP contribution in [0.2, 0.25) is 5.02 Å². The van der Waals surface area contributed by atoms with Crippen LogP contribution in [0.15, 0.2) is 48.5 Å². The highest BCUT2D eigenvalue weighted by atomic mass is 35.5. The number of nitrogens with two attached hydrogens (primary N) is 1. The number of nitrogens with one attached hydrogen (secondary N) is 1. The zero-order valence-electron chi connectivity index (χ0n) is 11.7. The molecule has 0 aliphatic carbocycles. The number of carbonyl (C=O) groups excluding carboxylic acids is 1. The van der Waals surface area contributed by atoms with E-state index in [1.807, 2.05) is 0 Å². The number of hydrogen-bond acceptors (Lipinski definition) is 5.